The van der Waals surface area contributed by atoms with E-state index >= 15 is 0 Å². The van der Waals surface area contributed by atoms with Crippen LogP contribution in [0.1, 0.15) is 49.1 Å². The highest BCUT2D eigenvalue weighted by Crippen LogP contribution is 2.35. The van der Waals surface area contributed by atoms with Crippen LogP contribution in [0, 0.1) is 11.7 Å². The molecule has 0 spiro atoms. The minimum Gasteiger partial charge on any atom is -0.282 e. The van der Waals surface area contributed by atoms with Gasteiger partial charge in [0.2, 0.25) is 4.77 Å². The number of hydrogen-bond acceptors (Lipinski definition) is 2. The molecular weight excluding hydrogens is 254 g/mol. The van der Waals surface area contributed by atoms with E-state index in [0.717, 1.165) is 17.3 Å². The van der Waals surface area contributed by atoms with Crippen LogP contribution in [0.15, 0.2) is 18.2 Å². The minimum atomic E-state index is 0.504. The van der Waals surface area contributed by atoms with Gasteiger partial charge in [-0.2, -0.15) is 4.98 Å². The number of rotatable bonds is 2. The lowest BCUT2D eigenvalue weighted by molar-refractivity contribution is 0.442. The summed E-state index contributed by atoms with van der Waals surface area (Å²) in [6.07, 6.45) is 6.82. The van der Waals surface area contributed by atoms with Crippen molar-refractivity contribution in [1.82, 2.24) is 15.2 Å². The molecule has 3 nitrogen and oxygen atoms in total. The first-order valence-electron chi connectivity index (χ1n) is 6.99. The molecule has 1 aromatic heterocycles. The molecule has 1 aromatic carbocycles. The van der Waals surface area contributed by atoms with Crippen LogP contribution < -0.4 is 0 Å². The fraction of sp³-hybridized carbons (Fsp3) is 0.467. The predicted octanol–water partition coefficient (Wildman–Crippen LogP) is 4.49. The molecule has 0 unspecified atom stereocenters. The molecule has 1 fully saturated rings. The van der Waals surface area contributed by atoms with Crippen molar-refractivity contribution in [3.8, 4) is 11.4 Å². The van der Waals surface area contributed by atoms with Crippen LogP contribution in [0.2, 0.25) is 0 Å². The van der Waals surface area contributed by atoms with Crippen LogP contribution in [-0.2, 0) is 0 Å². The Morgan fingerprint density at radius 3 is 2.58 bits per heavy atom. The normalized spacial score (nSPS) is 16.7. The molecule has 0 bridgehead atoms. The van der Waals surface area contributed by atoms with Crippen molar-refractivity contribution >= 4 is 12.2 Å². The van der Waals surface area contributed by atoms with Crippen molar-refractivity contribution in [3.63, 3.8) is 0 Å². The van der Waals surface area contributed by atoms with Gasteiger partial charge in [0.25, 0.3) is 0 Å². The van der Waals surface area contributed by atoms with E-state index in [1.165, 1.54) is 43.2 Å². The maximum atomic E-state index is 5.00. The van der Waals surface area contributed by atoms with Gasteiger partial charge in [0.1, 0.15) is 0 Å². The topological polar surface area (TPSA) is 44.5 Å². The van der Waals surface area contributed by atoms with E-state index in [1.807, 2.05) is 0 Å². The summed E-state index contributed by atoms with van der Waals surface area (Å²) in [5.41, 5.74) is 3.98. The molecule has 100 valence electrons. The number of aromatic amines is 2. The van der Waals surface area contributed by atoms with Gasteiger partial charge in [-0.05, 0) is 55.1 Å². The summed E-state index contributed by atoms with van der Waals surface area (Å²) >= 11 is 5.00. The number of H-pyrrole nitrogens is 2. The minimum absolute atomic E-state index is 0.504. The highest BCUT2D eigenvalue weighted by Gasteiger charge is 2.17. The molecule has 1 aliphatic carbocycles. The Morgan fingerprint density at radius 2 is 1.95 bits per heavy atom. The highest BCUT2D eigenvalue weighted by molar-refractivity contribution is 7.71. The second-order valence-electron chi connectivity index (χ2n) is 5.42. The number of nitrogens with zero attached hydrogens (tertiary/aromatic N) is 1. The molecule has 1 saturated carbocycles. The molecule has 0 aliphatic heterocycles. The van der Waals surface area contributed by atoms with E-state index < -0.39 is 0 Å². The molecule has 0 radical (unpaired) electrons. The molecule has 0 amide bonds. The van der Waals surface area contributed by atoms with Gasteiger partial charge >= 0.3 is 0 Å². The van der Waals surface area contributed by atoms with E-state index in [1.54, 1.807) is 0 Å². The molecule has 4 heteroatoms. The summed E-state index contributed by atoms with van der Waals surface area (Å²) in [6.45, 7) is 2.20. The summed E-state index contributed by atoms with van der Waals surface area (Å²) in [5.74, 6) is 1.57. The van der Waals surface area contributed by atoms with E-state index in [0.29, 0.717) is 4.77 Å². The number of hydrogen-bond donors (Lipinski definition) is 2. The van der Waals surface area contributed by atoms with Crippen LogP contribution in [-0.4, -0.2) is 15.2 Å². The van der Waals surface area contributed by atoms with E-state index in [4.69, 9.17) is 12.2 Å². The Hall–Kier alpha value is -1.42. The molecule has 1 aliphatic rings. The molecular formula is C15H19N3S. The van der Waals surface area contributed by atoms with E-state index in [-0.39, 0.29) is 0 Å². The van der Waals surface area contributed by atoms with Gasteiger partial charge in [0.15, 0.2) is 5.82 Å². The van der Waals surface area contributed by atoms with Crippen molar-refractivity contribution < 1.29 is 0 Å². The third-order valence-corrected chi connectivity index (χ3v) is 4.28. The van der Waals surface area contributed by atoms with Crippen LogP contribution in [0.4, 0.5) is 0 Å². The SMILES string of the molecule is Cc1cc(-c2nc(=S)[nH][nH]2)ccc1C1CCCCC1. The van der Waals surface area contributed by atoms with Gasteiger partial charge in [-0.15, -0.1) is 0 Å². The fourth-order valence-corrected chi connectivity index (χ4v) is 3.24. The number of aromatic nitrogens is 3. The molecule has 3 rings (SSSR count). The first-order chi connectivity index (χ1) is 9.24. The molecule has 0 saturated heterocycles. The largest absolute Gasteiger partial charge is 0.282 e. The predicted molar refractivity (Wildman–Crippen MR) is 79.8 cm³/mol. The zero-order valence-electron chi connectivity index (χ0n) is 11.2. The lowest BCUT2D eigenvalue weighted by atomic mass is 9.82. The quantitative estimate of drug-likeness (QED) is 0.792. The third kappa shape index (κ3) is 2.63. The zero-order chi connectivity index (χ0) is 13.2. The third-order valence-electron chi connectivity index (χ3n) is 4.09. The summed E-state index contributed by atoms with van der Waals surface area (Å²) in [5, 5.41) is 5.85. The molecule has 2 N–H and O–H groups in total. The van der Waals surface area contributed by atoms with Crippen molar-refractivity contribution in [2.24, 2.45) is 0 Å². The maximum Gasteiger partial charge on any atom is 0.213 e. The first kappa shape index (κ1) is 12.6. The fourth-order valence-electron chi connectivity index (χ4n) is 3.10. The van der Waals surface area contributed by atoms with Crippen LogP contribution in [0.5, 0.6) is 0 Å². The van der Waals surface area contributed by atoms with E-state index in [9.17, 15) is 0 Å². The molecule has 19 heavy (non-hydrogen) atoms. The Balaban J connectivity index is 1.91. The van der Waals surface area contributed by atoms with Gasteiger partial charge in [-0.1, -0.05) is 31.4 Å². The van der Waals surface area contributed by atoms with Crippen molar-refractivity contribution in [2.75, 3.05) is 0 Å². The lowest BCUT2D eigenvalue weighted by Crippen LogP contribution is -2.06. The van der Waals surface area contributed by atoms with E-state index in [2.05, 4.69) is 40.3 Å². The maximum absolute atomic E-state index is 5.00. The Labute approximate surface area is 118 Å². The second-order valence-corrected chi connectivity index (χ2v) is 5.81. The van der Waals surface area contributed by atoms with Gasteiger partial charge in [-0.3, -0.25) is 10.2 Å². The number of aryl methyl sites for hydroxylation is 1. The molecule has 0 atom stereocenters. The molecule has 2 aromatic rings. The Kier molecular flexibility index (Phi) is 3.51. The number of benzene rings is 1. The summed E-state index contributed by atoms with van der Waals surface area (Å²) in [4.78, 5) is 4.27. The molecule has 1 heterocycles. The van der Waals surface area contributed by atoms with Gasteiger partial charge in [-0.25, -0.2) is 0 Å². The number of nitrogens with one attached hydrogen (secondary N) is 2. The summed E-state index contributed by atoms with van der Waals surface area (Å²) < 4.78 is 0.504. The van der Waals surface area contributed by atoms with Gasteiger partial charge < -0.3 is 0 Å². The zero-order valence-corrected chi connectivity index (χ0v) is 12.0. The summed E-state index contributed by atoms with van der Waals surface area (Å²) in [6, 6.07) is 6.63. The monoisotopic (exact) mass is 273 g/mol. The average molecular weight is 273 g/mol. The smallest absolute Gasteiger partial charge is 0.213 e. The van der Waals surface area contributed by atoms with Crippen molar-refractivity contribution in [1.29, 1.82) is 0 Å². The standard InChI is InChI=1S/C15H19N3S/c1-10-9-12(14-16-15(19)18-17-14)7-8-13(10)11-5-3-2-4-6-11/h7-9,11H,2-6H2,1H3,(H2,16,17,18,19). The van der Waals surface area contributed by atoms with Crippen molar-refractivity contribution in [2.45, 2.75) is 44.9 Å². The van der Waals surface area contributed by atoms with Crippen LogP contribution >= 0.6 is 12.2 Å². The highest BCUT2D eigenvalue weighted by atomic mass is 32.1. The van der Waals surface area contributed by atoms with Crippen LogP contribution in [0.25, 0.3) is 11.4 Å². The average Bonchev–Trinajstić information content (AvgIpc) is 2.86. The van der Waals surface area contributed by atoms with Gasteiger partial charge in [0, 0.05) is 5.56 Å². The van der Waals surface area contributed by atoms with Crippen molar-refractivity contribution in [3.05, 3.63) is 34.1 Å². The Morgan fingerprint density at radius 1 is 1.16 bits per heavy atom. The van der Waals surface area contributed by atoms with Gasteiger partial charge in [0.05, 0.1) is 0 Å². The van der Waals surface area contributed by atoms with Crippen LogP contribution in [0.3, 0.4) is 0 Å². The summed E-state index contributed by atoms with van der Waals surface area (Å²) in [7, 11) is 0. The Bertz CT molecular complexity index is 620. The first-order valence-corrected chi connectivity index (χ1v) is 7.40. The lowest BCUT2D eigenvalue weighted by Gasteiger charge is -2.23. The second kappa shape index (κ2) is 5.29.